The molecule has 0 fully saturated rings. The molecule has 1 aromatic carbocycles. The van der Waals surface area contributed by atoms with Gasteiger partial charge in [-0.25, -0.2) is 0 Å². The van der Waals surface area contributed by atoms with E-state index in [0.29, 0.717) is 4.83 Å². The van der Waals surface area contributed by atoms with Crippen LogP contribution in [-0.4, -0.2) is 18.5 Å². The summed E-state index contributed by atoms with van der Waals surface area (Å²) in [7, 11) is 1.68. The Bertz CT molecular complexity index is 263. The van der Waals surface area contributed by atoms with E-state index in [1.54, 1.807) is 7.11 Å². The molecule has 2 nitrogen and oxygen atoms in total. The van der Waals surface area contributed by atoms with Crippen LogP contribution in [-0.2, 0) is 0 Å². The first-order valence-corrected chi connectivity index (χ1v) is 5.16. The number of anilines is 1. The predicted molar refractivity (Wildman–Crippen MR) is 59.9 cm³/mol. The molecule has 0 aliphatic carbocycles. The molecule has 0 spiro atoms. The summed E-state index contributed by atoms with van der Waals surface area (Å²) in [4.78, 5) is 0.456. The lowest BCUT2D eigenvalue weighted by Gasteiger charge is -2.11. The molecule has 0 aromatic heterocycles. The van der Waals surface area contributed by atoms with Gasteiger partial charge in [-0.2, -0.15) is 0 Å². The Morgan fingerprint density at radius 2 is 2.15 bits per heavy atom. The molecule has 72 valence electrons. The number of rotatable bonds is 4. The Hall–Kier alpha value is -0.700. The number of para-hydroxylation sites is 2. The number of alkyl halides is 1. The summed E-state index contributed by atoms with van der Waals surface area (Å²) in [5, 5.41) is 3.29. The smallest absolute Gasteiger partial charge is 0.141 e. The van der Waals surface area contributed by atoms with Crippen LogP contribution in [0.3, 0.4) is 0 Å². The van der Waals surface area contributed by atoms with Crippen LogP contribution in [0.4, 0.5) is 5.69 Å². The molecule has 1 atom stereocenters. The van der Waals surface area contributed by atoms with E-state index in [9.17, 15) is 0 Å². The summed E-state index contributed by atoms with van der Waals surface area (Å²) < 4.78 is 5.20. The minimum Gasteiger partial charge on any atom is -0.495 e. The van der Waals surface area contributed by atoms with Crippen LogP contribution in [0, 0.1) is 0 Å². The third-order valence-electron chi connectivity index (χ3n) is 1.68. The Morgan fingerprint density at radius 3 is 2.77 bits per heavy atom. The first-order chi connectivity index (χ1) is 6.24. The Balaban J connectivity index is 2.64. The van der Waals surface area contributed by atoms with Crippen molar-refractivity contribution >= 4 is 21.6 Å². The highest BCUT2D eigenvalue weighted by molar-refractivity contribution is 9.09. The number of hydrogen-bond donors (Lipinski definition) is 1. The Kier molecular flexibility index (Phi) is 4.09. The second-order valence-electron chi connectivity index (χ2n) is 2.86. The summed E-state index contributed by atoms with van der Waals surface area (Å²) in [6.07, 6.45) is 0. The van der Waals surface area contributed by atoms with Gasteiger partial charge in [-0.1, -0.05) is 35.0 Å². The number of ether oxygens (including phenoxy) is 1. The largest absolute Gasteiger partial charge is 0.495 e. The van der Waals surface area contributed by atoms with Crippen LogP contribution in [0.5, 0.6) is 5.75 Å². The molecule has 0 aliphatic heterocycles. The molecular weight excluding hydrogens is 230 g/mol. The molecule has 0 saturated heterocycles. The van der Waals surface area contributed by atoms with Gasteiger partial charge in [0.15, 0.2) is 0 Å². The van der Waals surface area contributed by atoms with Crippen molar-refractivity contribution in [3.63, 3.8) is 0 Å². The minimum absolute atomic E-state index is 0.456. The van der Waals surface area contributed by atoms with Crippen molar-refractivity contribution in [2.75, 3.05) is 19.0 Å². The van der Waals surface area contributed by atoms with Gasteiger partial charge in [0, 0.05) is 11.4 Å². The molecule has 0 amide bonds. The maximum absolute atomic E-state index is 5.20. The second-order valence-corrected chi connectivity index (χ2v) is 4.43. The summed E-state index contributed by atoms with van der Waals surface area (Å²) >= 11 is 3.48. The van der Waals surface area contributed by atoms with E-state index >= 15 is 0 Å². The highest BCUT2D eigenvalue weighted by Gasteiger charge is 2.01. The van der Waals surface area contributed by atoms with E-state index in [1.165, 1.54) is 0 Å². The number of nitrogens with one attached hydrogen (secondary N) is 1. The number of hydrogen-bond acceptors (Lipinski definition) is 2. The van der Waals surface area contributed by atoms with Crippen molar-refractivity contribution in [1.29, 1.82) is 0 Å². The van der Waals surface area contributed by atoms with Gasteiger partial charge in [-0.15, -0.1) is 0 Å². The fraction of sp³-hybridized carbons (Fsp3) is 0.400. The predicted octanol–water partition coefficient (Wildman–Crippen LogP) is 2.89. The number of benzene rings is 1. The van der Waals surface area contributed by atoms with Gasteiger partial charge in [0.2, 0.25) is 0 Å². The molecule has 1 rings (SSSR count). The zero-order valence-corrected chi connectivity index (χ0v) is 9.47. The fourth-order valence-corrected chi connectivity index (χ4v) is 1.20. The molecule has 1 aromatic rings. The highest BCUT2D eigenvalue weighted by Crippen LogP contribution is 2.22. The van der Waals surface area contributed by atoms with Crippen LogP contribution in [0.1, 0.15) is 6.92 Å². The lowest BCUT2D eigenvalue weighted by Crippen LogP contribution is -2.10. The van der Waals surface area contributed by atoms with E-state index in [1.807, 2.05) is 24.3 Å². The lowest BCUT2D eigenvalue weighted by atomic mass is 10.3. The summed E-state index contributed by atoms with van der Waals surface area (Å²) in [5.74, 6) is 0.885. The van der Waals surface area contributed by atoms with Gasteiger partial charge in [-0.05, 0) is 12.1 Å². The van der Waals surface area contributed by atoms with E-state index in [2.05, 4.69) is 28.2 Å². The molecule has 0 heterocycles. The van der Waals surface area contributed by atoms with Crippen LogP contribution in [0.2, 0.25) is 0 Å². The van der Waals surface area contributed by atoms with E-state index < -0.39 is 0 Å². The zero-order chi connectivity index (χ0) is 9.68. The van der Waals surface area contributed by atoms with Crippen molar-refractivity contribution in [1.82, 2.24) is 0 Å². The SMILES string of the molecule is COc1ccccc1NC[C@@H](C)Br. The van der Waals surface area contributed by atoms with Gasteiger partial charge in [0.05, 0.1) is 12.8 Å². The second kappa shape index (κ2) is 5.12. The molecule has 0 unspecified atom stereocenters. The van der Waals surface area contributed by atoms with Crippen molar-refractivity contribution in [3.05, 3.63) is 24.3 Å². The van der Waals surface area contributed by atoms with Gasteiger partial charge in [0.25, 0.3) is 0 Å². The standard InChI is InChI=1S/C10H14BrNO/c1-8(11)7-12-9-5-3-4-6-10(9)13-2/h3-6,8,12H,7H2,1-2H3/t8-/m1/s1. The molecule has 13 heavy (non-hydrogen) atoms. The first kappa shape index (κ1) is 10.4. The molecule has 0 aliphatic rings. The average molecular weight is 244 g/mol. The lowest BCUT2D eigenvalue weighted by molar-refractivity contribution is 0.416. The van der Waals surface area contributed by atoms with Crippen molar-refractivity contribution in [2.45, 2.75) is 11.8 Å². The van der Waals surface area contributed by atoms with Crippen molar-refractivity contribution < 1.29 is 4.74 Å². The molecular formula is C10H14BrNO. The molecule has 1 N–H and O–H groups in total. The van der Waals surface area contributed by atoms with E-state index in [-0.39, 0.29) is 0 Å². The quantitative estimate of drug-likeness (QED) is 0.822. The third kappa shape index (κ3) is 3.27. The van der Waals surface area contributed by atoms with Crippen LogP contribution < -0.4 is 10.1 Å². The molecule has 0 bridgehead atoms. The van der Waals surface area contributed by atoms with Gasteiger partial charge >= 0.3 is 0 Å². The average Bonchev–Trinajstić information content (AvgIpc) is 2.15. The van der Waals surface area contributed by atoms with Gasteiger partial charge in [0.1, 0.15) is 5.75 Å². The first-order valence-electron chi connectivity index (χ1n) is 4.25. The zero-order valence-electron chi connectivity index (χ0n) is 7.88. The highest BCUT2D eigenvalue weighted by atomic mass is 79.9. The fourth-order valence-electron chi connectivity index (χ4n) is 1.04. The molecule has 0 radical (unpaired) electrons. The summed E-state index contributed by atoms with van der Waals surface area (Å²) in [6, 6.07) is 7.90. The number of methoxy groups -OCH3 is 1. The van der Waals surface area contributed by atoms with Crippen LogP contribution in [0.15, 0.2) is 24.3 Å². The van der Waals surface area contributed by atoms with E-state index in [4.69, 9.17) is 4.74 Å². The Labute approximate surface area is 87.4 Å². The Morgan fingerprint density at radius 1 is 1.46 bits per heavy atom. The summed E-state index contributed by atoms with van der Waals surface area (Å²) in [5.41, 5.74) is 1.04. The summed E-state index contributed by atoms with van der Waals surface area (Å²) in [6.45, 7) is 2.99. The maximum atomic E-state index is 5.20. The van der Waals surface area contributed by atoms with Crippen LogP contribution in [0.25, 0.3) is 0 Å². The van der Waals surface area contributed by atoms with Crippen molar-refractivity contribution in [2.24, 2.45) is 0 Å². The molecule has 0 saturated carbocycles. The van der Waals surface area contributed by atoms with Gasteiger partial charge in [-0.3, -0.25) is 0 Å². The maximum Gasteiger partial charge on any atom is 0.141 e. The van der Waals surface area contributed by atoms with Crippen molar-refractivity contribution in [3.8, 4) is 5.75 Å². The normalized spacial score (nSPS) is 12.2. The van der Waals surface area contributed by atoms with Crippen LogP contribution >= 0.6 is 15.9 Å². The number of halogens is 1. The minimum atomic E-state index is 0.456. The topological polar surface area (TPSA) is 21.3 Å². The molecule has 3 heteroatoms. The van der Waals surface area contributed by atoms with Gasteiger partial charge < -0.3 is 10.1 Å². The third-order valence-corrected chi connectivity index (χ3v) is 2.00. The monoisotopic (exact) mass is 243 g/mol. The van der Waals surface area contributed by atoms with E-state index in [0.717, 1.165) is 18.0 Å².